The lowest BCUT2D eigenvalue weighted by Gasteiger charge is -2.25. The Morgan fingerprint density at radius 2 is 1.93 bits per heavy atom. The average molecular weight is 272 g/mol. The molecule has 0 heterocycles. The van der Waals surface area contributed by atoms with Crippen LogP contribution in [-0.4, -0.2) is 0 Å². The van der Waals surface area contributed by atoms with E-state index in [2.05, 4.69) is 15.9 Å². The van der Waals surface area contributed by atoms with Gasteiger partial charge in [-0.25, -0.2) is 4.39 Å². The maximum atomic E-state index is 13.8. The number of hydrogen-bond donors (Lipinski definition) is 1. The Morgan fingerprint density at radius 1 is 1.33 bits per heavy atom. The van der Waals surface area contributed by atoms with Gasteiger partial charge in [-0.3, -0.25) is 0 Å². The van der Waals surface area contributed by atoms with Crippen molar-refractivity contribution in [3.05, 3.63) is 33.5 Å². The zero-order valence-electron chi connectivity index (χ0n) is 8.82. The van der Waals surface area contributed by atoms with E-state index in [9.17, 15) is 4.39 Å². The lowest BCUT2D eigenvalue weighted by atomic mass is 9.88. The largest absolute Gasteiger partial charge is 0.321 e. The van der Waals surface area contributed by atoms with Crippen LogP contribution in [0.5, 0.6) is 0 Å². The van der Waals surface area contributed by atoms with Crippen LogP contribution in [0.4, 0.5) is 4.39 Å². The van der Waals surface area contributed by atoms with Gasteiger partial charge in [0.05, 0.1) is 0 Å². The van der Waals surface area contributed by atoms with Crippen LogP contribution in [-0.2, 0) is 5.54 Å². The van der Waals surface area contributed by atoms with E-state index < -0.39 is 5.54 Å². The average Bonchev–Trinajstić information content (AvgIpc) is 2.60. The van der Waals surface area contributed by atoms with Crippen molar-refractivity contribution in [1.29, 1.82) is 0 Å². The third kappa shape index (κ3) is 1.95. The minimum Gasteiger partial charge on any atom is -0.321 e. The van der Waals surface area contributed by atoms with Crippen LogP contribution in [0.3, 0.4) is 0 Å². The molecule has 1 aliphatic carbocycles. The molecule has 0 aromatic heterocycles. The number of hydrogen-bond acceptors (Lipinski definition) is 1. The molecular formula is C12H15BrFN. The molecule has 0 saturated heterocycles. The lowest BCUT2D eigenvalue weighted by Crippen LogP contribution is -2.34. The number of aryl methyl sites for hydroxylation is 1. The Hall–Kier alpha value is -0.410. The summed E-state index contributed by atoms with van der Waals surface area (Å²) in [6.07, 6.45) is 3.99. The van der Waals surface area contributed by atoms with Crippen molar-refractivity contribution in [1.82, 2.24) is 0 Å². The summed E-state index contributed by atoms with van der Waals surface area (Å²) in [7, 11) is 0. The maximum Gasteiger partial charge on any atom is 0.129 e. The highest BCUT2D eigenvalue weighted by atomic mass is 79.9. The highest BCUT2D eigenvalue weighted by Crippen LogP contribution is 2.38. The Bertz CT molecular complexity index is 383. The Kier molecular flexibility index (Phi) is 2.86. The third-order valence-electron chi connectivity index (χ3n) is 3.28. The fourth-order valence-corrected chi connectivity index (χ4v) is 2.63. The molecule has 0 bridgehead atoms. The van der Waals surface area contributed by atoms with Gasteiger partial charge in [-0.1, -0.05) is 34.8 Å². The molecule has 0 aliphatic heterocycles. The van der Waals surface area contributed by atoms with Crippen LogP contribution in [0, 0.1) is 12.7 Å². The topological polar surface area (TPSA) is 26.0 Å². The normalized spacial score (nSPS) is 19.5. The lowest BCUT2D eigenvalue weighted by molar-refractivity contribution is 0.432. The van der Waals surface area contributed by atoms with Crippen molar-refractivity contribution >= 4 is 15.9 Å². The molecule has 1 fully saturated rings. The van der Waals surface area contributed by atoms with E-state index in [0.29, 0.717) is 5.56 Å². The Morgan fingerprint density at radius 3 is 2.53 bits per heavy atom. The van der Waals surface area contributed by atoms with Gasteiger partial charge in [-0.05, 0) is 31.4 Å². The van der Waals surface area contributed by atoms with Crippen LogP contribution in [0.1, 0.15) is 36.8 Å². The molecule has 0 unspecified atom stereocenters. The molecule has 0 radical (unpaired) electrons. The summed E-state index contributed by atoms with van der Waals surface area (Å²) in [5, 5.41) is 0. The zero-order valence-corrected chi connectivity index (χ0v) is 10.4. The summed E-state index contributed by atoms with van der Waals surface area (Å²) < 4.78 is 14.6. The van der Waals surface area contributed by atoms with Crippen LogP contribution in [0.2, 0.25) is 0 Å². The van der Waals surface area contributed by atoms with Gasteiger partial charge in [0.25, 0.3) is 0 Å². The number of benzene rings is 1. The predicted molar refractivity (Wildman–Crippen MR) is 63.2 cm³/mol. The molecule has 1 aromatic carbocycles. The van der Waals surface area contributed by atoms with Crippen LogP contribution in [0.25, 0.3) is 0 Å². The molecule has 0 atom stereocenters. The van der Waals surface area contributed by atoms with E-state index in [1.165, 1.54) is 6.07 Å². The first kappa shape index (κ1) is 11.1. The summed E-state index contributed by atoms with van der Waals surface area (Å²) in [6.45, 7) is 1.96. The summed E-state index contributed by atoms with van der Waals surface area (Å²) >= 11 is 3.33. The third-order valence-corrected chi connectivity index (χ3v) is 4.13. The number of nitrogens with two attached hydrogens (primary N) is 1. The molecule has 0 amide bonds. The highest BCUT2D eigenvalue weighted by Gasteiger charge is 2.33. The second-order valence-electron chi connectivity index (χ2n) is 4.44. The molecule has 1 nitrogen and oxygen atoms in total. The van der Waals surface area contributed by atoms with Crippen LogP contribution in [0.15, 0.2) is 16.6 Å². The molecular weight excluding hydrogens is 257 g/mol. The molecule has 1 aromatic rings. The Labute approximate surface area is 98.0 Å². The van der Waals surface area contributed by atoms with Crippen LogP contribution >= 0.6 is 15.9 Å². The predicted octanol–water partition coefficient (Wildman–Crippen LogP) is 3.62. The van der Waals surface area contributed by atoms with E-state index in [1.807, 2.05) is 13.0 Å². The van der Waals surface area contributed by atoms with E-state index in [1.54, 1.807) is 0 Å². The summed E-state index contributed by atoms with van der Waals surface area (Å²) in [4.78, 5) is 0. The highest BCUT2D eigenvalue weighted by molar-refractivity contribution is 9.10. The van der Waals surface area contributed by atoms with E-state index in [-0.39, 0.29) is 5.82 Å². The quantitative estimate of drug-likeness (QED) is 0.830. The van der Waals surface area contributed by atoms with E-state index >= 15 is 0 Å². The minimum absolute atomic E-state index is 0.183. The Balaban J connectivity index is 2.48. The standard InChI is InChI=1S/C12H15BrFN/c1-8-6-9(11(14)7-10(8)13)12(15)4-2-3-5-12/h6-7H,2-5,15H2,1H3. The van der Waals surface area contributed by atoms with Crippen LogP contribution < -0.4 is 5.73 Å². The second kappa shape index (κ2) is 3.87. The first-order valence-electron chi connectivity index (χ1n) is 5.28. The second-order valence-corrected chi connectivity index (χ2v) is 5.30. The number of halogens is 2. The van der Waals surface area contributed by atoms with Crippen molar-refractivity contribution in [3.63, 3.8) is 0 Å². The molecule has 2 rings (SSSR count). The molecule has 15 heavy (non-hydrogen) atoms. The minimum atomic E-state index is -0.435. The van der Waals surface area contributed by atoms with Gasteiger partial charge >= 0.3 is 0 Å². The van der Waals surface area contributed by atoms with Gasteiger partial charge in [0.1, 0.15) is 5.82 Å². The molecule has 3 heteroatoms. The fourth-order valence-electron chi connectivity index (χ4n) is 2.31. The van der Waals surface area contributed by atoms with Crippen molar-refractivity contribution in [3.8, 4) is 0 Å². The smallest absolute Gasteiger partial charge is 0.129 e. The van der Waals surface area contributed by atoms with Gasteiger partial charge in [0.15, 0.2) is 0 Å². The van der Waals surface area contributed by atoms with Crippen molar-refractivity contribution in [2.24, 2.45) is 5.73 Å². The van der Waals surface area contributed by atoms with E-state index in [4.69, 9.17) is 5.73 Å². The fraction of sp³-hybridized carbons (Fsp3) is 0.500. The number of rotatable bonds is 1. The van der Waals surface area contributed by atoms with Crippen molar-refractivity contribution < 1.29 is 4.39 Å². The summed E-state index contributed by atoms with van der Waals surface area (Å²) in [6, 6.07) is 3.41. The first-order valence-corrected chi connectivity index (χ1v) is 6.07. The van der Waals surface area contributed by atoms with Gasteiger partial charge < -0.3 is 5.73 Å². The molecule has 1 saturated carbocycles. The van der Waals surface area contributed by atoms with Gasteiger partial charge in [0, 0.05) is 15.6 Å². The molecule has 1 aliphatic rings. The molecule has 0 spiro atoms. The monoisotopic (exact) mass is 271 g/mol. The summed E-state index contributed by atoms with van der Waals surface area (Å²) in [5.74, 6) is -0.183. The SMILES string of the molecule is Cc1cc(C2(N)CCCC2)c(F)cc1Br. The maximum absolute atomic E-state index is 13.8. The van der Waals surface area contributed by atoms with Crippen molar-refractivity contribution in [2.45, 2.75) is 38.1 Å². The molecule has 82 valence electrons. The first-order chi connectivity index (χ1) is 7.03. The van der Waals surface area contributed by atoms with Gasteiger partial charge in [-0.15, -0.1) is 0 Å². The van der Waals surface area contributed by atoms with Gasteiger partial charge in [-0.2, -0.15) is 0 Å². The summed E-state index contributed by atoms with van der Waals surface area (Å²) in [5.41, 5.74) is 7.54. The van der Waals surface area contributed by atoms with Crippen molar-refractivity contribution in [2.75, 3.05) is 0 Å². The molecule has 2 N–H and O–H groups in total. The zero-order chi connectivity index (χ0) is 11.1. The van der Waals surface area contributed by atoms with Gasteiger partial charge in [0.2, 0.25) is 0 Å². The van der Waals surface area contributed by atoms with E-state index in [0.717, 1.165) is 35.7 Å².